The number of hydrogen-bond donors (Lipinski definition) is 0. The molecule has 0 aromatic carbocycles. The van der Waals surface area contributed by atoms with Crippen molar-refractivity contribution in [2.75, 3.05) is 32.8 Å². The Bertz CT molecular complexity index is 502. The van der Waals surface area contributed by atoms with Gasteiger partial charge in [-0.15, -0.1) is 0 Å². The maximum Gasteiger partial charge on any atom is 0.225 e. The number of amides is 1. The molecule has 3 saturated heterocycles. The van der Waals surface area contributed by atoms with Gasteiger partial charge in [0.25, 0.3) is 0 Å². The fourth-order valence-corrected chi connectivity index (χ4v) is 5.86. The molecule has 0 unspecified atom stereocenters. The highest BCUT2D eigenvalue weighted by Crippen LogP contribution is 2.25. The minimum Gasteiger partial charge on any atom is -0.378 e. The van der Waals surface area contributed by atoms with Crippen molar-refractivity contribution in [3.05, 3.63) is 0 Å². The van der Waals surface area contributed by atoms with Gasteiger partial charge in [-0.3, -0.25) is 4.79 Å². The van der Waals surface area contributed by atoms with Crippen LogP contribution in [0.3, 0.4) is 0 Å². The van der Waals surface area contributed by atoms with E-state index in [0.717, 1.165) is 38.7 Å². The lowest BCUT2D eigenvalue weighted by atomic mass is 10.1. The summed E-state index contributed by atoms with van der Waals surface area (Å²) in [5.41, 5.74) is 0. The van der Waals surface area contributed by atoms with E-state index in [2.05, 4.69) is 0 Å². The van der Waals surface area contributed by atoms with Crippen LogP contribution in [0.1, 0.15) is 51.4 Å². The molecule has 3 rings (SSSR count). The number of rotatable bonds is 4. The van der Waals surface area contributed by atoms with E-state index in [-0.39, 0.29) is 17.3 Å². The van der Waals surface area contributed by atoms with E-state index in [1.54, 1.807) is 4.31 Å². The molecule has 0 spiro atoms. The van der Waals surface area contributed by atoms with Gasteiger partial charge in [-0.05, 0) is 38.5 Å². The molecule has 0 bridgehead atoms. The third kappa shape index (κ3) is 4.06. The third-order valence-electron chi connectivity index (χ3n) is 5.32. The van der Waals surface area contributed by atoms with Gasteiger partial charge in [0.1, 0.15) is 0 Å². The molecule has 3 aliphatic heterocycles. The van der Waals surface area contributed by atoms with E-state index in [4.69, 9.17) is 4.74 Å². The zero-order chi connectivity index (χ0) is 16.3. The molecule has 23 heavy (non-hydrogen) atoms. The van der Waals surface area contributed by atoms with Gasteiger partial charge in [0, 0.05) is 32.8 Å². The quantitative estimate of drug-likeness (QED) is 0.772. The zero-order valence-corrected chi connectivity index (χ0v) is 14.6. The lowest BCUT2D eigenvalue weighted by Gasteiger charge is -2.36. The maximum absolute atomic E-state index is 12.7. The Labute approximate surface area is 139 Å². The van der Waals surface area contributed by atoms with Gasteiger partial charge in [-0.25, -0.2) is 12.7 Å². The lowest BCUT2D eigenvalue weighted by molar-refractivity contribution is -0.134. The van der Waals surface area contributed by atoms with E-state index in [0.29, 0.717) is 45.4 Å². The van der Waals surface area contributed by atoms with E-state index >= 15 is 0 Å². The molecule has 3 aliphatic rings. The van der Waals surface area contributed by atoms with Gasteiger partial charge in [0.05, 0.1) is 17.8 Å². The molecule has 132 valence electrons. The summed E-state index contributed by atoms with van der Waals surface area (Å²) in [5.74, 6) is 0.116. The van der Waals surface area contributed by atoms with Gasteiger partial charge in [0.2, 0.25) is 15.9 Å². The normalized spacial score (nSPS) is 28.2. The summed E-state index contributed by atoms with van der Waals surface area (Å²) < 4.78 is 32.6. The minimum atomic E-state index is -3.19. The summed E-state index contributed by atoms with van der Waals surface area (Å²) in [6.07, 6.45) is 6.71. The van der Waals surface area contributed by atoms with Gasteiger partial charge >= 0.3 is 0 Å². The molecular weight excluding hydrogens is 316 g/mol. The first-order valence-electron chi connectivity index (χ1n) is 8.96. The molecule has 3 heterocycles. The number of nitrogens with zero attached hydrogens (tertiary/aromatic N) is 2. The fraction of sp³-hybridized carbons (Fsp3) is 0.938. The largest absolute Gasteiger partial charge is 0.378 e. The zero-order valence-electron chi connectivity index (χ0n) is 13.8. The summed E-state index contributed by atoms with van der Waals surface area (Å²) in [4.78, 5) is 14.1. The third-order valence-corrected chi connectivity index (χ3v) is 7.72. The van der Waals surface area contributed by atoms with Gasteiger partial charge in [0.15, 0.2) is 0 Å². The summed E-state index contributed by atoms with van der Waals surface area (Å²) in [7, 11) is -3.19. The summed E-state index contributed by atoms with van der Waals surface area (Å²) in [6.45, 7) is 3.21. The van der Waals surface area contributed by atoms with Crippen LogP contribution in [-0.2, 0) is 19.6 Å². The number of piperidine rings is 2. The molecule has 0 saturated carbocycles. The van der Waals surface area contributed by atoms with Crippen LogP contribution < -0.4 is 0 Å². The number of hydrogen-bond acceptors (Lipinski definition) is 4. The topological polar surface area (TPSA) is 66.9 Å². The van der Waals surface area contributed by atoms with Crippen molar-refractivity contribution in [3.8, 4) is 0 Å². The summed E-state index contributed by atoms with van der Waals surface area (Å²) in [5, 5.41) is -0.313. The SMILES string of the molecule is O=C(C[C@H]1CCCO1)N1CCC(S(=O)(=O)N2CCCCC2)CC1. The molecule has 0 aromatic heterocycles. The molecule has 0 aliphatic carbocycles. The Balaban J connectivity index is 1.50. The Kier molecular flexibility index (Phi) is 5.59. The molecule has 0 aromatic rings. The van der Waals surface area contributed by atoms with Crippen LogP contribution in [0.15, 0.2) is 0 Å². The van der Waals surface area contributed by atoms with Crippen molar-refractivity contribution in [2.45, 2.75) is 62.7 Å². The van der Waals surface area contributed by atoms with Crippen molar-refractivity contribution in [2.24, 2.45) is 0 Å². The first kappa shape index (κ1) is 17.2. The average Bonchev–Trinajstić information content (AvgIpc) is 3.09. The number of carbonyl (C=O) groups excluding carboxylic acids is 1. The van der Waals surface area contributed by atoms with Crippen LogP contribution in [0.2, 0.25) is 0 Å². The van der Waals surface area contributed by atoms with Crippen LogP contribution in [0.5, 0.6) is 0 Å². The number of carbonyl (C=O) groups is 1. The second-order valence-electron chi connectivity index (χ2n) is 6.92. The minimum absolute atomic E-state index is 0.0670. The second-order valence-corrected chi connectivity index (χ2v) is 9.14. The highest BCUT2D eigenvalue weighted by atomic mass is 32.2. The monoisotopic (exact) mass is 344 g/mol. The van der Waals surface area contributed by atoms with Crippen LogP contribution in [0.25, 0.3) is 0 Å². The number of ether oxygens (including phenoxy) is 1. The van der Waals surface area contributed by atoms with Crippen LogP contribution >= 0.6 is 0 Å². The second kappa shape index (κ2) is 7.49. The molecule has 6 nitrogen and oxygen atoms in total. The predicted molar refractivity (Wildman–Crippen MR) is 87.5 cm³/mol. The van der Waals surface area contributed by atoms with E-state index in [9.17, 15) is 13.2 Å². The van der Waals surface area contributed by atoms with Crippen LogP contribution in [0.4, 0.5) is 0 Å². The standard InChI is InChI=1S/C16H28N2O4S/c19-16(13-14-5-4-12-22-14)17-10-6-15(7-11-17)23(20,21)18-8-2-1-3-9-18/h14-15H,1-13H2/t14-/m1/s1. The Morgan fingerprint density at radius 3 is 2.26 bits per heavy atom. The molecule has 1 atom stereocenters. The number of sulfonamides is 1. The first-order chi connectivity index (χ1) is 11.1. The lowest BCUT2D eigenvalue weighted by Crippen LogP contribution is -2.48. The molecule has 0 N–H and O–H groups in total. The molecule has 7 heteroatoms. The summed E-state index contributed by atoms with van der Waals surface area (Å²) in [6, 6.07) is 0. The molecule has 1 amide bonds. The molecule has 3 fully saturated rings. The van der Waals surface area contributed by atoms with Crippen molar-refractivity contribution in [3.63, 3.8) is 0 Å². The van der Waals surface area contributed by atoms with Crippen molar-refractivity contribution in [1.29, 1.82) is 0 Å². The van der Waals surface area contributed by atoms with Crippen molar-refractivity contribution in [1.82, 2.24) is 9.21 Å². The average molecular weight is 344 g/mol. The smallest absolute Gasteiger partial charge is 0.225 e. The number of likely N-dealkylation sites (tertiary alicyclic amines) is 1. The summed E-state index contributed by atoms with van der Waals surface area (Å²) >= 11 is 0. The van der Waals surface area contributed by atoms with E-state index < -0.39 is 10.0 Å². The van der Waals surface area contributed by atoms with E-state index in [1.807, 2.05) is 4.90 Å². The first-order valence-corrected chi connectivity index (χ1v) is 10.5. The highest BCUT2D eigenvalue weighted by Gasteiger charge is 2.36. The fourth-order valence-electron chi connectivity index (χ4n) is 3.86. The Morgan fingerprint density at radius 1 is 0.957 bits per heavy atom. The predicted octanol–water partition coefficient (Wildman–Crippen LogP) is 1.36. The van der Waals surface area contributed by atoms with Gasteiger partial charge < -0.3 is 9.64 Å². The van der Waals surface area contributed by atoms with Crippen molar-refractivity contribution >= 4 is 15.9 Å². The Hall–Kier alpha value is -0.660. The highest BCUT2D eigenvalue weighted by molar-refractivity contribution is 7.89. The van der Waals surface area contributed by atoms with Gasteiger partial charge in [-0.1, -0.05) is 6.42 Å². The van der Waals surface area contributed by atoms with Crippen LogP contribution in [-0.4, -0.2) is 67.7 Å². The maximum atomic E-state index is 12.7. The van der Waals surface area contributed by atoms with Crippen LogP contribution in [0, 0.1) is 0 Å². The van der Waals surface area contributed by atoms with Crippen molar-refractivity contribution < 1.29 is 17.9 Å². The Morgan fingerprint density at radius 2 is 1.65 bits per heavy atom. The molecular formula is C16H28N2O4S. The van der Waals surface area contributed by atoms with E-state index in [1.165, 1.54) is 0 Å². The van der Waals surface area contributed by atoms with Gasteiger partial charge in [-0.2, -0.15) is 0 Å². The molecule has 0 radical (unpaired) electrons.